The molecule has 5 nitrogen and oxygen atoms in total. The highest BCUT2D eigenvalue weighted by Crippen LogP contribution is 2.23. The Morgan fingerprint density at radius 2 is 2.16 bits per heavy atom. The second-order valence-electron chi connectivity index (χ2n) is 3.88. The summed E-state index contributed by atoms with van der Waals surface area (Å²) in [5, 5.41) is 12.1. The maximum atomic E-state index is 8.99. The first-order chi connectivity index (χ1) is 9.33. The van der Waals surface area contributed by atoms with Crippen LogP contribution < -0.4 is 10.1 Å². The monoisotopic (exact) mass is 254 g/mol. The highest BCUT2D eigenvalue weighted by molar-refractivity contribution is 5.44. The Bertz CT molecular complexity index is 592. The Balaban J connectivity index is 2.17. The van der Waals surface area contributed by atoms with Gasteiger partial charge in [-0.15, -0.1) is 0 Å². The minimum atomic E-state index is 0.365. The molecule has 0 atom stereocenters. The van der Waals surface area contributed by atoms with E-state index in [1.54, 1.807) is 24.4 Å². The van der Waals surface area contributed by atoms with Gasteiger partial charge in [-0.25, -0.2) is 0 Å². The number of nitrogens with zero attached hydrogens (tertiary/aromatic N) is 3. The number of nitrogens with one attached hydrogen (secondary N) is 1. The van der Waals surface area contributed by atoms with Crippen molar-refractivity contribution >= 4 is 5.82 Å². The highest BCUT2D eigenvalue weighted by atomic mass is 16.5. The van der Waals surface area contributed by atoms with E-state index in [1.807, 2.05) is 6.07 Å². The average molecular weight is 254 g/mol. The Hall–Kier alpha value is -2.61. The van der Waals surface area contributed by atoms with Gasteiger partial charge in [0, 0.05) is 6.54 Å². The third-order valence-electron chi connectivity index (χ3n) is 2.39. The van der Waals surface area contributed by atoms with Crippen molar-refractivity contribution in [2.45, 2.75) is 13.3 Å². The quantitative estimate of drug-likeness (QED) is 0.888. The Morgan fingerprint density at radius 3 is 2.95 bits per heavy atom. The van der Waals surface area contributed by atoms with E-state index in [1.165, 1.54) is 6.20 Å². The van der Waals surface area contributed by atoms with Crippen LogP contribution in [-0.4, -0.2) is 16.5 Å². The molecular formula is C14H14N4O. The molecule has 5 heteroatoms. The van der Waals surface area contributed by atoms with Gasteiger partial charge in [-0.2, -0.15) is 10.2 Å². The number of hydrogen-bond donors (Lipinski definition) is 1. The molecule has 2 rings (SSSR count). The zero-order valence-electron chi connectivity index (χ0n) is 10.6. The highest BCUT2D eigenvalue weighted by Gasteiger charge is 2.05. The average Bonchev–Trinajstić information content (AvgIpc) is 2.46. The topological polar surface area (TPSA) is 70.8 Å². The van der Waals surface area contributed by atoms with Gasteiger partial charge in [-0.1, -0.05) is 19.1 Å². The minimum absolute atomic E-state index is 0.365. The van der Waals surface area contributed by atoms with Crippen molar-refractivity contribution in [1.29, 1.82) is 5.26 Å². The van der Waals surface area contributed by atoms with Crippen LogP contribution in [0.4, 0.5) is 5.82 Å². The van der Waals surface area contributed by atoms with Crippen molar-refractivity contribution in [2.75, 3.05) is 11.9 Å². The maximum Gasteiger partial charge on any atom is 0.239 e. The number of ether oxygens (including phenoxy) is 1. The zero-order chi connectivity index (χ0) is 13.5. The van der Waals surface area contributed by atoms with Crippen LogP contribution in [0.25, 0.3) is 0 Å². The summed E-state index contributed by atoms with van der Waals surface area (Å²) in [6.07, 6.45) is 4.16. The maximum absolute atomic E-state index is 8.99. The molecular weight excluding hydrogens is 240 g/mol. The van der Waals surface area contributed by atoms with Gasteiger partial charge < -0.3 is 10.1 Å². The number of para-hydroxylation sites is 1. The van der Waals surface area contributed by atoms with Crippen LogP contribution in [0, 0.1) is 11.3 Å². The molecule has 0 spiro atoms. The fraction of sp³-hybridized carbons (Fsp3) is 0.214. The third-order valence-corrected chi connectivity index (χ3v) is 2.39. The van der Waals surface area contributed by atoms with Crippen molar-refractivity contribution in [2.24, 2.45) is 0 Å². The van der Waals surface area contributed by atoms with Gasteiger partial charge in [0.25, 0.3) is 0 Å². The van der Waals surface area contributed by atoms with Crippen molar-refractivity contribution in [3.05, 3.63) is 42.2 Å². The van der Waals surface area contributed by atoms with Gasteiger partial charge in [0.05, 0.1) is 18.0 Å². The number of nitriles is 1. The first-order valence-corrected chi connectivity index (χ1v) is 6.06. The largest absolute Gasteiger partial charge is 0.436 e. The summed E-state index contributed by atoms with van der Waals surface area (Å²) in [5.74, 6) is 1.50. The van der Waals surface area contributed by atoms with Crippen LogP contribution in [0.15, 0.2) is 36.7 Å². The summed E-state index contributed by atoms with van der Waals surface area (Å²) in [5.41, 5.74) is 0.469. The van der Waals surface area contributed by atoms with Crippen molar-refractivity contribution in [1.82, 2.24) is 9.97 Å². The van der Waals surface area contributed by atoms with Crippen LogP contribution in [0.5, 0.6) is 11.6 Å². The van der Waals surface area contributed by atoms with Crippen molar-refractivity contribution in [3.63, 3.8) is 0 Å². The Kier molecular flexibility index (Phi) is 4.29. The van der Waals surface area contributed by atoms with E-state index in [0.717, 1.165) is 13.0 Å². The lowest BCUT2D eigenvalue weighted by molar-refractivity contribution is 0.459. The van der Waals surface area contributed by atoms with Crippen molar-refractivity contribution < 1.29 is 4.74 Å². The molecule has 0 aliphatic heterocycles. The van der Waals surface area contributed by atoms with Crippen LogP contribution in [0.1, 0.15) is 18.9 Å². The molecule has 0 fully saturated rings. The zero-order valence-corrected chi connectivity index (χ0v) is 10.6. The van der Waals surface area contributed by atoms with E-state index in [4.69, 9.17) is 10.00 Å². The summed E-state index contributed by atoms with van der Waals surface area (Å²) in [6.45, 7) is 2.90. The van der Waals surface area contributed by atoms with Crippen LogP contribution in [0.3, 0.4) is 0 Å². The van der Waals surface area contributed by atoms with Gasteiger partial charge in [-0.05, 0) is 18.6 Å². The molecule has 1 aromatic carbocycles. The van der Waals surface area contributed by atoms with E-state index in [9.17, 15) is 0 Å². The lowest BCUT2D eigenvalue weighted by Gasteiger charge is -2.08. The number of benzene rings is 1. The first-order valence-electron chi connectivity index (χ1n) is 6.06. The first kappa shape index (κ1) is 12.8. The summed E-state index contributed by atoms with van der Waals surface area (Å²) in [6, 6.07) is 9.10. The van der Waals surface area contributed by atoms with E-state index < -0.39 is 0 Å². The van der Waals surface area contributed by atoms with Gasteiger partial charge in [0.15, 0.2) is 0 Å². The molecule has 0 saturated carbocycles. The van der Waals surface area contributed by atoms with Gasteiger partial charge in [0.2, 0.25) is 5.88 Å². The van der Waals surface area contributed by atoms with Gasteiger partial charge >= 0.3 is 0 Å². The predicted octanol–water partition coefficient (Wildman–Crippen LogP) is 2.96. The van der Waals surface area contributed by atoms with Crippen molar-refractivity contribution in [3.8, 4) is 17.7 Å². The molecule has 0 radical (unpaired) electrons. The molecule has 1 aromatic heterocycles. The molecule has 0 unspecified atom stereocenters. The van der Waals surface area contributed by atoms with E-state index in [-0.39, 0.29) is 0 Å². The molecule has 0 amide bonds. The fourth-order valence-corrected chi connectivity index (χ4v) is 1.50. The van der Waals surface area contributed by atoms with E-state index in [2.05, 4.69) is 28.3 Å². The van der Waals surface area contributed by atoms with E-state index in [0.29, 0.717) is 23.0 Å². The summed E-state index contributed by atoms with van der Waals surface area (Å²) < 4.78 is 5.58. The molecule has 0 aliphatic rings. The Morgan fingerprint density at radius 1 is 1.32 bits per heavy atom. The predicted molar refractivity (Wildman–Crippen MR) is 72.0 cm³/mol. The minimum Gasteiger partial charge on any atom is -0.436 e. The van der Waals surface area contributed by atoms with Crippen LogP contribution in [0.2, 0.25) is 0 Å². The smallest absolute Gasteiger partial charge is 0.239 e. The van der Waals surface area contributed by atoms with Crippen LogP contribution >= 0.6 is 0 Å². The lowest BCUT2D eigenvalue weighted by Crippen LogP contribution is -2.03. The molecule has 1 heterocycles. The molecule has 0 aliphatic carbocycles. The Labute approximate surface area is 111 Å². The summed E-state index contributed by atoms with van der Waals surface area (Å²) in [7, 11) is 0. The second-order valence-corrected chi connectivity index (χ2v) is 3.88. The third kappa shape index (κ3) is 3.42. The molecule has 0 saturated heterocycles. The van der Waals surface area contributed by atoms with E-state index >= 15 is 0 Å². The molecule has 2 aromatic rings. The number of rotatable bonds is 5. The molecule has 19 heavy (non-hydrogen) atoms. The summed E-state index contributed by atoms with van der Waals surface area (Å²) >= 11 is 0. The van der Waals surface area contributed by atoms with Gasteiger partial charge in [-0.3, -0.25) is 4.98 Å². The number of aromatic nitrogens is 2. The molecule has 96 valence electrons. The fourth-order valence-electron chi connectivity index (χ4n) is 1.50. The van der Waals surface area contributed by atoms with Gasteiger partial charge in [0.1, 0.15) is 17.6 Å². The number of hydrogen-bond acceptors (Lipinski definition) is 5. The summed E-state index contributed by atoms with van der Waals surface area (Å²) in [4.78, 5) is 8.33. The number of anilines is 1. The molecule has 0 bridgehead atoms. The SMILES string of the molecule is CCCNc1cncc(Oc2ccccc2C#N)n1. The second kappa shape index (κ2) is 6.36. The standard InChI is InChI=1S/C14H14N4O/c1-2-7-17-13-9-16-10-14(18-13)19-12-6-4-3-5-11(12)8-15/h3-6,9-10H,2,7H2,1H3,(H,17,18). The normalized spacial score (nSPS) is 9.68. The lowest BCUT2D eigenvalue weighted by atomic mass is 10.2. The molecule has 1 N–H and O–H groups in total. The van der Waals surface area contributed by atoms with Crippen LogP contribution in [-0.2, 0) is 0 Å².